The van der Waals surface area contributed by atoms with E-state index in [1.165, 1.54) is 36.0 Å². The minimum absolute atomic E-state index is 0.177. The number of anilines is 1. The topological polar surface area (TPSA) is 29.0 Å². The van der Waals surface area contributed by atoms with E-state index in [0.717, 1.165) is 29.9 Å². The number of benzene rings is 2. The second-order valence-corrected chi connectivity index (χ2v) is 8.31. The molecule has 1 fully saturated rings. The molecule has 0 atom stereocenters. The lowest BCUT2D eigenvalue weighted by molar-refractivity contribution is 0.573. The molecule has 3 heteroatoms. The number of fused-ring (bicyclic) bond motifs is 1. The Morgan fingerprint density at radius 1 is 0.808 bits per heavy atom. The number of rotatable bonds is 2. The molecule has 0 spiro atoms. The van der Waals surface area contributed by atoms with Gasteiger partial charge in [0, 0.05) is 13.1 Å². The van der Waals surface area contributed by atoms with Crippen molar-refractivity contribution in [2.75, 3.05) is 18.0 Å². The van der Waals surface area contributed by atoms with E-state index in [9.17, 15) is 0 Å². The molecule has 1 aliphatic rings. The van der Waals surface area contributed by atoms with Crippen molar-refractivity contribution in [3.8, 4) is 11.1 Å². The summed E-state index contributed by atoms with van der Waals surface area (Å²) in [6, 6.07) is 15.3. The lowest BCUT2D eigenvalue weighted by Crippen LogP contribution is -2.30. The zero-order chi connectivity index (χ0) is 18.1. The number of hydrogen-bond donors (Lipinski definition) is 0. The van der Waals surface area contributed by atoms with Crippen LogP contribution in [-0.2, 0) is 5.41 Å². The molecular weight excluding hydrogens is 318 g/mol. The molecule has 0 unspecified atom stereocenters. The van der Waals surface area contributed by atoms with Crippen LogP contribution in [-0.4, -0.2) is 23.1 Å². The van der Waals surface area contributed by atoms with Crippen molar-refractivity contribution < 1.29 is 0 Å². The molecule has 0 saturated carbocycles. The van der Waals surface area contributed by atoms with E-state index in [2.05, 4.69) is 73.1 Å². The first-order valence-corrected chi connectivity index (χ1v) is 9.63. The molecule has 0 N–H and O–H groups in total. The van der Waals surface area contributed by atoms with E-state index in [0.29, 0.717) is 0 Å². The molecule has 1 saturated heterocycles. The van der Waals surface area contributed by atoms with Gasteiger partial charge in [-0.1, -0.05) is 51.1 Å². The minimum atomic E-state index is 0.177. The molecule has 134 valence electrons. The van der Waals surface area contributed by atoms with Crippen molar-refractivity contribution in [2.24, 2.45) is 0 Å². The van der Waals surface area contributed by atoms with Crippen molar-refractivity contribution in [3.05, 3.63) is 54.2 Å². The van der Waals surface area contributed by atoms with Crippen LogP contribution in [0, 0.1) is 0 Å². The largest absolute Gasteiger partial charge is 0.355 e. The summed E-state index contributed by atoms with van der Waals surface area (Å²) >= 11 is 0. The van der Waals surface area contributed by atoms with Crippen LogP contribution in [0.3, 0.4) is 0 Å². The predicted octanol–water partition coefficient (Wildman–Crippen LogP) is 5.58. The molecule has 1 aromatic heterocycles. The van der Waals surface area contributed by atoms with Gasteiger partial charge in [0.2, 0.25) is 0 Å². The highest BCUT2D eigenvalue weighted by Gasteiger charge is 2.14. The van der Waals surface area contributed by atoms with E-state index >= 15 is 0 Å². The van der Waals surface area contributed by atoms with Crippen LogP contribution in [0.15, 0.2) is 48.7 Å². The van der Waals surface area contributed by atoms with E-state index in [-0.39, 0.29) is 5.41 Å². The summed E-state index contributed by atoms with van der Waals surface area (Å²) in [4.78, 5) is 11.9. The second-order valence-electron chi connectivity index (χ2n) is 8.31. The summed E-state index contributed by atoms with van der Waals surface area (Å²) in [5.41, 5.74) is 5.89. The lowest BCUT2D eigenvalue weighted by atomic mass is 9.86. The quantitative estimate of drug-likeness (QED) is 0.607. The summed E-state index contributed by atoms with van der Waals surface area (Å²) in [6.07, 6.45) is 5.75. The Kier molecular flexibility index (Phi) is 4.39. The van der Waals surface area contributed by atoms with Gasteiger partial charge in [0.25, 0.3) is 0 Å². The standard InChI is InChI=1S/C23H27N3/c1-23(2,3)19-10-7-17(8-11-19)18-9-12-20-21(15-18)25-22(16-24-20)26-13-5-4-6-14-26/h7-12,15-16H,4-6,13-14H2,1-3H3. The Balaban J connectivity index is 1.67. The van der Waals surface area contributed by atoms with Crippen LogP contribution in [0.25, 0.3) is 22.2 Å². The van der Waals surface area contributed by atoms with Crippen LogP contribution < -0.4 is 4.90 Å². The van der Waals surface area contributed by atoms with Gasteiger partial charge in [-0.25, -0.2) is 4.98 Å². The van der Waals surface area contributed by atoms with Crippen LogP contribution in [0.5, 0.6) is 0 Å². The van der Waals surface area contributed by atoms with Crippen LogP contribution in [0.2, 0.25) is 0 Å². The summed E-state index contributed by atoms with van der Waals surface area (Å²) in [6.45, 7) is 8.92. The fourth-order valence-corrected chi connectivity index (χ4v) is 3.62. The molecule has 3 aromatic rings. The highest BCUT2D eigenvalue weighted by molar-refractivity contribution is 5.82. The average Bonchev–Trinajstić information content (AvgIpc) is 2.67. The van der Waals surface area contributed by atoms with Crippen molar-refractivity contribution in [1.82, 2.24) is 9.97 Å². The van der Waals surface area contributed by atoms with Gasteiger partial charge in [0.05, 0.1) is 17.2 Å². The van der Waals surface area contributed by atoms with Gasteiger partial charge >= 0.3 is 0 Å². The first-order chi connectivity index (χ1) is 12.5. The Bertz CT molecular complexity index is 901. The fraction of sp³-hybridized carbons (Fsp3) is 0.391. The third kappa shape index (κ3) is 3.44. The van der Waals surface area contributed by atoms with E-state index in [1.807, 2.05) is 6.20 Å². The van der Waals surface area contributed by atoms with Gasteiger partial charge in [-0.05, 0) is 53.5 Å². The monoisotopic (exact) mass is 345 g/mol. The summed E-state index contributed by atoms with van der Waals surface area (Å²) in [5.74, 6) is 1.01. The molecule has 0 radical (unpaired) electrons. The van der Waals surface area contributed by atoms with Gasteiger partial charge in [-0.3, -0.25) is 4.98 Å². The number of piperidine rings is 1. The summed E-state index contributed by atoms with van der Waals surface area (Å²) < 4.78 is 0. The Morgan fingerprint density at radius 2 is 1.50 bits per heavy atom. The molecule has 2 aromatic carbocycles. The molecule has 0 amide bonds. The maximum atomic E-state index is 4.91. The zero-order valence-corrected chi connectivity index (χ0v) is 16.0. The highest BCUT2D eigenvalue weighted by atomic mass is 15.2. The van der Waals surface area contributed by atoms with E-state index in [4.69, 9.17) is 4.98 Å². The predicted molar refractivity (Wildman–Crippen MR) is 110 cm³/mol. The van der Waals surface area contributed by atoms with Crippen molar-refractivity contribution in [3.63, 3.8) is 0 Å². The fourth-order valence-electron chi connectivity index (χ4n) is 3.62. The molecule has 0 bridgehead atoms. The Morgan fingerprint density at radius 3 is 2.19 bits per heavy atom. The van der Waals surface area contributed by atoms with Crippen molar-refractivity contribution in [1.29, 1.82) is 0 Å². The van der Waals surface area contributed by atoms with E-state index < -0.39 is 0 Å². The lowest BCUT2D eigenvalue weighted by Gasteiger charge is -2.27. The van der Waals surface area contributed by atoms with Crippen LogP contribution in [0.4, 0.5) is 5.82 Å². The van der Waals surface area contributed by atoms with E-state index in [1.54, 1.807) is 0 Å². The van der Waals surface area contributed by atoms with Crippen LogP contribution >= 0.6 is 0 Å². The minimum Gasteiger partial charge on any atom is -0.355 e. The van der Waals surface area contributed by atoms with Crippen LogP contribution in [0.1, 0.15) is 45.6 Å². The van der Waals surface area contributed by atoms with Gasteiger partial charge in [-0.2, -0.15) is 0 Å². The van der Waals surface area contributed by atoms with Gasteiger partial charge in [0.1, 0.15) is 5.82 Å². The molecule has 3 nitrogen and oxygen atoms in total. The maximum Gasteiger partial charge on any atom is 0.147 e. The first-order valence-electron chi connectivity index (χ1n) is 9.63. The molecule has 2 heterocycles. The third-order valence-electron chi connectivity index (χ3n) is 5.29. The molecular formula is C23H27N3. The maximum absolute atomic E-state index is 4.91. The van der Waals surface area contributed by atoms with Crippen molar-refractivity contribution >= 4 is 16.9 Å². The summed E-state index contributed by atoms with van der Waals surface area (Å²) in [5, 5.41) is 0. The highest BCUT2D eigenvalue weighted by Crippen LogP contribution is 2.28. The Labute approximate surface area is 156 Å². The van der Waals surface area contributed by atoms with Gasteiger partial charge in [-0.15, -0.1) is 0 Å². The summed E-state index contributed by atoms with van der Waals surface area (Å²) in [7, 11) is 0. The van der Waals surface area contributed by atoms with Crippen molar-refractivity contribution in [2.45, 2.75) is 45.4 Å². The van der Waals surface area contributed by atoms with Gasteiger partial charge in [0.15, 0.2) is 0 Å². The normalized spacial score (nSPS) is 15.4. The third-order valence-corrected chi connectivity index (χ3v) is 5.29. The molecule has 1 aliphatic heterocycles. The number of aromatic nitrogens is 2. The average molecular weight is 345 g/mol. The Hall–Kier alpha value is -2.42. The number of nitrogens with zero attached hydrogens (tertiary/aromatic N) is 3. The zero-order valence-electron chi connectivity index (χ0n) is 16.0. The first kappa shape index (κ1) is 17.0. The SMILES string of the molecule is CC(C)(C)c1ccc(-c2ccc3ncc(N4CCCCC4)nc3c2)cc1. The smallest absolute Gasteiger partial charge is 0.147 e. The number of hydrogen-bond acceptors (Lipinski definition) is 3. The molecule has 0 aliphatic carbocycles. The molecule has 26 heavy (non-hydrogen) atoms. The molecule has 4 rings (SSSR count). The second kappa shape index (κ2) is 6.71. The van der Waals surface area contributed by atoms with Gasteiger partial charge < -0.3 is 4.90 Å².